The van der Waals surface area contributed by atoms with Crippen molar-refractivity contribution in [3.63, 3.8) is 0 Å². The van der Waals surface area contributed by atoms with Crippen LogP contribution in [0.4, 0.5) is 5.82 Å². The monoisotopic (exact) mass is 307 g/mol. The van der Waals surface area contributed by atoms with Crippen LogP contribution in [0.5, 0.6) is 5.75 Å². The number of aromatic nitrogens is 2. The summed E-state index contributed by atoms with van der Waals surface area (Å²) in [5, 5.41) is 7.16. The highest BCUT2D eigenvalue weighted by Gasteiger charge is 2.12. The maximum atomic E-state index is 12.3. The van der Waals surface area contributed by atoms with Gasteiger partial charge in [0.1, 0.15) is 5.75 Å². The van der Waals surface area contributed by atoms with Crippen molar-refractivity contribution >= 4 is 11.7 Å². The molecule has 0 unspecified atom stereocenters. The highest BCUT2D eigenvalue weighted by Crippen LogP contribution is 2.18. The van der Waals surface area contributed by atoms with E-state index >= 15 is 0 Å². The summed E-state index contributed by atoms with van der Waals surface area (Å²) in [6, 6.07) is 18.9. The summed E-state index contributed by atoms with van der Waals surface area (Å²) in [6.07, 6.45) is 1.84. The van der Waals surface area contributed by atoms with Gasteiger partial charge in [0.25, 0.3) is 5.91 Å². The van der Waals surface area contributed by atoms with Crippen LogP contribution < -0.4 is 10.1 Å². The summed E-state index contributed by atoms with van der Waals surface area (Å²) in [5.41, 5.74) is 1.63. The first-order chi connectivity index (χ1) is 11.3. The Labute approximate surface area is 134 Å². The predicted molar refractivity (Wildman–Crippen MR) is 88.7 cm³/mol. The number of nitrogens with zero attached hydrogens (tertiary/aromatic N) is 2. The summed E-state index contributed by atoms with van der Waals surface area (Å²) < 4.78 is 6.99. The molecule has 116 valence electrons. The maximum absolute atomic E-state index is 12.3. The second-order valence-corrected chi connectivity index (χ2v) is 5.04. The Hall–Kier alpha value is -3.08. The van der Waals surface area contributed by atoms with Gasteiger partial charge in [0.05, 0.1) is 19.2 Å². The van der Waals surface area contributed by atoms with Gasteiger partial charge in [-0.1, -0.05) is 42.5 Å². The lowest BCUT2D eigenvalue weighted by atomic mass is 10.2. The van der Waals surface area contributed by atoms with Gasteiger partial charge in [-0.25, -0.2) is 0 Å². The second-order valence-electron chi connectivity index (χ2n) is 5.04. The standard InChI is InChI=1S/C18H17N3O2/c1-23-16-10-6-5-9-15(16)18(22)19-17-11-12-21(20-17)13-14-7-3-2-4-8-14/h2-12H,13H2,1H3,(H,19,20,22). The number of hydrogen-bond acceptors (Lipinski definition) is 3. The molecule has 23 heavy (non-hydrogen) atoms. The van der Waals surface area contributed by atoms with E-state index in [9.17, 15) is 4.79 Å². The second kappa shape index (κ2) is 6.79. The summed E-state index contributed by atoms with van der Waals surface area (Å²) in [6.45, 7) is 0.658. The van der Waals surface area contributed by atoms with Gasteiger partial charge in [-0.15, -0.1) is 0 Å². The predicted octanol–water partition coefficient (Wildman–Crippen LogP) is 3.19. The number of anilines is 1. The molecular formula is C18H17N3O2. The molecule has 1 aromatic heterocycles. The van der Waals surface area contributed by atoms with Crippen LogP contribution in [0.2, 0.25) is 0 Å². The third kappa shape index (κ3) is 3.58. The van der Waals surface area contributed by atoms with Crippen LogP contribution >= 0.6 is 0 Å². The number of nitrogens with one attached hydrogen (secondary N) is 1. The number of ether oxygens (including phenoxy) is 1. The number of carbonyl (C=O) groups excluding carboxylic acids is 1. The normalized spacial score (nSPS) is 10.3. The fourth-order valence-corrected chi connectivity index (χ4v) is 2.30. The molecule has 0 radical (unpaired) electrons. The quantitative estimate of drug-likeness (QED) is 0.787. The van der Waals surface area contributed by atoms with Crippen LogP contribution in [-0.4, -0.2) is 22.8 Å². The first kappa shape index (κ1) is 14.8. The Morgan fingerprint density at radius 2 is 1.83 bits per heavy atom. The Morgan fingerprint density at radius 1 is 1.09 bits per heavy atom. The summed E-state index contributed by atoms with van der Waals surface area (Å²) in [7, 11) is 1.54. The van der Waals surface area contributed by atoms with Gasteiger partial charge < -0.3 is 10.1 Å². The molecule has 0 bridgehead atoms. The third-order valence-corrected chi connectivity index (χ3v) is 3.42. The molecule has 0 saturated carbocycles. The number of carbonyl (C=O) groups is 1. The van der Waals surface area contributed by atoms with Gasteiger partial charge >= 0.3 is 0 Å². The molecule has 3 rings (SSSR count). The molecule has 1 N–H and O–H groups in total. The van der Waals surface area contributed by atoms with E-state index in [1.54, 1.807) is 36.1 Å². The zero-order valence-electron chi connectivity index (χ0n) is 12.8. The smallest absolute Gasteiger partial charge is 0.260 e. The van der Waals surface area contributed by atoms with E-state index in [1.807, 2.05) is 42.6 Å². The lowest BCUT2D eigenvalue weighted by Crippen LogP contribution is -2.14. The molecule has 0 fully saturated rings. The summed E-state index contributed by atoms with van der Waals surface area (Å²) in [4.78, 5) is 12.3. The van der Waals surface area contributed by atoms with E-state index in [0.717, 1.165) is 5.56 Å². The Morgan fingerprint density at radius 3 is 2.61 bits per heavy atom. The highest BCUT2D eigenvalue weighted by molar-refractivity contribution is 6.05. The number of rotatable bonds is 5. The van der Waals surface area contributed by atoms with Crippen molar-refractivity contribution in [2.45, 2.75) is 6.54 Å². The molecular weight excluding hydrogens is 290 g/mol. The Bertz CT molecular complexity index is 797. The summed E-state index contributed by atoms with van der Waals surface area (Å²) >= 11 is 0. The van der Waals surface area contributed by atoms with Gasteiger partial charge in [0.15, 0.2) is 5.82 Å². The average molecular weight is 307 g/mol. The van der Waals surface area contributed by atoms with Crippen LogP contribution in [0.25, 0.3) is 0 Å². The maximum Gasteiger partial charge on any atom is 0.260 e. The van der Waals surface area contributed by atoms with Crippen LogP contribution in [0.1, 0.15) is 15.9 Å². The number of methoxy groups -OCH3 is 1. The van der Waals surface area contributed by atoms with Crippen molar-refractivity contribution < 1.29 is 9.53 Å². The van der Waals surface area contributed by atoms with E-state index in [0.29, 0.717) is 23.7 Å². The van der Waals surface area contributed by atoms with Crippen molar-refractivity contribution in [3.05, 3.63) is 78.0 Å². The molecule has 5 heteroatoms. The molecule has 0 atom stereocenters. The average Bonchev–Trinajstić information content (AvgIpc) is 3.02. The first-order valence-electron chi connectivity index (χ1n) is 7.28. The minimum Gasteiger partial charge on any atom is -0.496 e. The SMILES string of the molecule is COc1ccccc1C(=O)Nc1ccn(Cc2ccccc2)n1. The minimum atomic E-state index is -0.243. The van der Waals surface area contributed by atoms with Crippen LogP contribution in [0, 0.1) is 0 Å². The molecule has 2 aromatic carbocycles. The van der Waals surface area contributed by atoms with Gasteiger partial charge in [-0.2, -0.15) is 5.10 Å². The van der Waals surface area contributed by atoms with Crippen molar-refractivity contribution in [2.24, 2.45) is 0 Å². The largest absolute Gasteiger partial charge is 0.496 e. The van der Waals surface area contributed by atoms with Crippen LogP contribution in [0.3, 0.4) is 0 Å². The van der Waals surface area contributed by atoms with E-state index < -0.39 is 0 Å². The van der Waals surface area contributed by atoms with Crippen LogP contribution in [-0.2, 0) is 6.54 Å². The first-order valence-corrected chi connectivity index (χ1v) is 7.28. The van der Waals surface area contributed by atoms with Gasteiger partial charge in [-0.05, 0) is 17.7 Å². The fourth-order valence-electron chi connectivity index (χ4n) is 2.30. The molecule has 1 heterocycles. The third-order valence-electron chi connectivity index (χ3n) is 3.42. The Balaban J connectivity index is 1.70. The molecule has 0 saturated heterocycles. The van der Waals surface area contributed by atoms with Crippen LogP contribution in [0.15, 0.2) is 66.9 Å². The molecule has 5 nitrogen and oxygen atoms in total. The zero-order chi connectivity index (χ0) is 16.1. The van der Waals surface area contributed by atoms with E-state index in [2.05, 4.69) is 10.4 Å². The topological polar surface area (TPSA) is 56.1 Å². The highest BCUT2D eigenvalue weighted by atomic mass is 16.5. The van der Waals surface area contributed by atoms with E-state index in [1.165, 1.54) is 0 Å². The molecule has 0 spiro atoms. The van der Waals surface area contributed by atoms with Crippen molar-refractivity contribution in [3.8, 4) is 5.75 Å². The molecule has 0 aliphatic carbocycles. The number of hydrogen-bond donors (Lipinski definition) is 1. The minimum absolute atomic E-state index is 0.243. The lowest BCUT2D eigenvalue weighted by molar-refractivity contribution is 0.102. The number of amides is 1. The fraction of sp³-hybridized carbons (Fsp3) is 0.111. The van der Waals surface area contributed by atoms with Gasteiger partial charge in [0, 0.05) is 12.3 Å². The zero-order valence-corrected chi connectivity index (χ0v) is 12.8. The number of para-hydroxylation sites is 1. The molecule has 0 aliphatic heterocycles. The Kier molecular flexibility index (Phi) is 4.38. The van der Waals surface area contributed by atoms with Crippen molar-refractivity contribution in [1.29, 1.82) is 0 Å². The molecule has 1 amide bonds. The molecule has 0 aliphatic rings. The molecule has 3 aromatic rings. The van der Waals surface area contributed by atoms with Crippen molar-refractivity contribution in [1.82, 2.24) is 9.78 Å². The summed E-state index contributed by atoms with van der Waals surface area (Å²) in [5.74, 6) is 0.804. The lowest BCUT2D eigenvalue weighted by Gasteiger charge is -2.07. The number of benzene rings is 2. The van der Waals surface area contributed by atoms with Crippen molar-refractivity contribution in [2.75, 3.05) is 12.4 Å². The van der Waals surface area contributed by atoms with E-state index in [4.69, 9.17) is 4.74 Å². The van der Waals surface area contributed by atoms with Gasteiger partial charge in [-0.3, -0.25) is 9.48 Å². The van der Waals surface area contributed by atoms with E-state index in [-0.39, 0.29) is 5.91 Å². The van der Waals surface area contributed by atoms with Gasteiger partial charge in [0.2, 0.25) is 0 Å².